The fourth-order valence-electron chi connectivity index (χ4n) is 2.84. The van der Waals surface area contributed by atoms with Crippen LogP contribution >= 0.6 is 0 Å². The Hall–Kier alpha value is -2.17. The molecule has 1 aromatic heterocycles. The predicted octanol–water partition coefficient (Wildman–Crippen LogP) is 2.07. The summed E-state index contributed by atoms with van der Waals surface area (Å²) in [6.07, 6.45) is 7.02. The highest BCUT2D eigenvalue weighted by Gasteiger charge is 2.27. The summed E-state index contributed by atoms with van der Waals surface area (Å²) in [4.78, 5) is 14.2. The van der Waals surface area contributed by atoms with E-state index in [0.717, 1.165) is 32.4 Å². The van der Waals surface area contributed by atoms with E-state index in [9.17, 15) is 4.79 Å². The zero-order valence-electron chi connectivity index (χ0n) is 12.1. The summed E-state index contributed by atoms with van der Waals surface area (Å²) in [5.41, 5.74) is 1.30. The van der Waals surface area contributed by atoms with Crippen LogP contribution in [0.1, 0.15) is 30.9 Å². The highest BCUT2D eigenvalue weighted by atomic mass is 16.2. The first-order valence-electron chi connectivity index (χ1n) is 7.50. The maximum Gasteiger partial charge on any atom is 0.222 e. The summed E-state index contributed by atoms with van der Waals surface area (Å²) in [6, 6.07) is 10.6. The van der Waals surface area contributed by atoms with Gasteiger partial charge in [0.1, 0.15) is 0 Å². The minimum absolute atomic E-state index is 0.258. The van der Waals surface area contributed by atoms with Gasteiger partial charge < -0.3 is 4.90 Å². The topological polar surface area (TPSA) is 51.0 Å². The Labute approximate surface area is 124 Å². The third kappa shape index (κ3) is 3.48. The van der Waals surface area contributed by atoms with Crippen LogP contribution in [0.4, 0.5) is 0 Å². The van der Waals surface area contributed by atoms with Crippen molar-refractivity contribution in [1.29, 1.82) is 0 Å². The number of nitrogens with zero attached hydrogens (tertiary/aromatic N) is 4. The first-order valence-corrected chi connectivity index (χ1v) is 7.50. The molecule has 110 valence electrons. The van der Waals surface area contributed by atoms with Crippen molar-refractivity contribution in [2.45, 2.75) is 31.7 Å². The number of likely N-dealkylation sites (tertiary alicyclic amines) is 1. The van der Waals surface area contributed by atoms with Crippen LogP contribution < -0.4 is 0 Å². The van der Waals surface area contributed by atoms with Crippen LogP contribution in [0.15, 0.2) is 42.7 Å². The lowest BCUT2D eigenvalue weighted by Gasteiger charge is -2.16. The van der Waals surface area contributed by atoms with Gasteiger partial charge in [-0.05, 0) is 24.8 Å². The number of aromatic nitrogens is 3. The summed E-state index contributed by atoms with van der Waals surface area (Å²) < 4.78 is 1.86. The van der Waals surface area contributed by atoms with Gasteiger partial charge in [0.05, 0.1) is 12.2 Å². The molecule has 5 nitrogen and oxygen atoms in total. The molecule has 0 aliphatic carbocycles. The molecular weight excluding hydrogens is 264 g/mol. The van der Waals surface area contributed by atoms with Gasteiger partial charge in [-0.15, -0.1) is 5.10 Å². The van der Waals surface area contributed by atoms with Crippen LogP contribution in [-0.4, -0.2) is 38.9 Å². The third-order valence-electron chi connectivity index (χ3n) is 4.03. The van der Waals surface area contributed by atoms with E-state index in [2.05, 4.69) is 22.4 Å². The number of rotatable bonds is 5. The van der Waals surface area contributed by atoms with Gasteiger partial charge in [-0.3, -0.25) is 4.79 Å². The molecule has 1 aromatic carbocycles. The largest absolute Gasteiger partial charge is 0.340 e. The van der Waals surface area contributed by atoms with E-state index in [1.165, 1.54) is 5.56 Å². The number of hydrogen-bond acceptors (Lipinski definition) is 3. The molecule has 0 radical (unpaired) electrons. The second-order valence-corrected chi connectivity index (χ2v) is 5.50. The molecule has 2 aromatic rings. The molecule has 1 atom stereocenters. The summed E-state index contributed by atoms with van der Waals surface area (Å²) in [7, 11) is 0. The first-order chi connectivity index (χ1) is 10.3. The molecule has 5 heteroatoms. The van der Waals surface area contributed by atoms with E-state index >= 15 is 0 Å². The third-order valence-corrected chi connectivity index (χ3v) is 4.03. The zero-order chi connectivity index (χ0) is 14.5. The van der Waals surface area contributed by atoms with Crippen molar-refractivity contribution in [3.05, 3.63) is 48.3 Å². The van der Waals surface area contributed by atoms with Crippen LogP contribution in [0.5, 0.6) is 0 Å². The van der Waals surface area contributed by atoms with E-state index in [1.807, 2.05) is 34.0 Å². The second-order valence-electron chi connectivity index (χ2n) is 5.50. The molecule has 3 rings (SSSR count). The van der Waals surface area contributed by atoms with E-state index < -0.39 is 0 Å². The molecule has 21 heavy (non-hydrogen) atoms. The normalized spacial score (nSPS) is 18.1. The van der Waals surface area contributed by atoms with Gasteiger partial charge in [-0.1, -0.05) is 35.5 Å². The fraction of sp³-hybridized carbons (Fsp3) is 0.438. The molecule has 1 saturated heterocycles. The maximum atomic E-state index is 12.2. The molecule has 1 unspecified atom stereocenters. The zero-order valence-corrected chi connectivity index (χ0v) is 12.1. The van der Waals surface area contributed by atoms with Crippen molar-refractivity contribution < 1.29 is 4.79 Å². The quantitative estimate of drug-likeness (QED) is 0.844. The molecule has 1 amide bonds. The molecule has 2 heterocycles. The summed E-state index contributed by atoms with van der Waals surface area (Å²) in [5.74, 6) is 0.258. The van der Waals surface area contributed by atoms with Crippen LogP contribution in [0, 0.1) is 0 Å². The fourth-order valence-corrected chi connectivity index (χ4v) is 2.84. The standard InChI is InChI=1S/C16H20N4O/c21-16(8-4-7-14-5-2-1-3-6-14)19-11-9-15(13-19)20-12-10-17-18-20/h1-3,5-6,10,12,15H,4,7-9,11,13H2. The van der Waals surface area contributed by atoms with E-state index in [4.69, 9.17) is 0 Å². The van der Waals surface area contributed by atoms with Crippen molar-refractivity contribution in [2.24, 2.45) is 0 Å². The Kier molecular flexibility index (Phi) is 4.28. The van der Waals surface area contributed by atoms with E-state index in [-0.39, 0.29) is 11.9 Å². The van der Waals surface area contributed by atoms with Gasteiger partial charge >= 0.3 is 0 Å². The summed E-state index contributed by atoms with van der Waals surface area (Å²) in [5, 5.41) is 7.85. The Morgan fingerprint density at radius 2 is 2.14 bits per heavy atom. The van der Waals surface area contributed by atoms with Gasteiger partial charge in [0, 0.05) is 25.7 Å². The highest BCUT2D eigenvalue weighted by Crippen LogP contribution is 2.21. The molecule has 1 aliphatic rings. The van der Waals surface area contributed by atoms with Gasteiger partial charge in [0.2, 0.25) is 5.91 Å². The van der Waals surface area contributed by atoms with Crippen molar-refractivity contribution in [1.82, 2.24) is 19.9 Å². The van der Waals surface area contributed by atoms with Crippen molar-refractivity contribution in [3.8, 4) is 0 Å². The average Bonchev–Trinajstić information content (AvgIpc) is 3.19. The van der Waals surface area contributed by atoms with Gasteiger partial charge in [-0.25, -0.2) is 4.68 Å². The average molecular weight is 284 g/mol. The minimum atomic E-state index is 0.258. The van der Waals surface area contributed by atoms with Crippen molar-refractivity contribution in [2.75, 3.05) is 13.1 Å². The molecule has 1 fully saturated rings. The second kappa shape index (κ2) is 6.52. The Morgan fingerprint density at radius 1 is 1.29 bits per heavy atom. The Bertz CT molecular complexity index is 567. The summed E-state index contributed by atoms with van der Waals surface area (Å²) in [6.45, 7) is 1.59. The smallest absolute Gasteiger partial charge is 0.222 e. The minimum Gasteiger partial charge on any atom is -0.340 e. The number of carbonyl (C=O) groups excluding carboxylic acids is 1. The highest BCUT2D eigenvalue weighted by molar-refractivity contribution is 5.76. The number of aryl methyl sites for hydroxylation is 1. The molecule has 0 spiro atoms. The Balaban J connectivity index is 1.44. The van der Waals surface area contributed by atoms with Gasteiger partial charge in [0.25, 0.3) is 0 Å². The molecule has 0 saturated carbocycles. The molecular formula is C16H20N4O. The molecule has 0 N–H and O–H groups in total. The van der Waals surface area contributed by atoms with Crippen LogP contribution in [-0.2, 0) is 11.2 Å². The number of hydrogen-bond donors (Lipinski definition) is 0. The van der Waals surface area contributed by atoms with Gasteiger partial charge in [-0.2, -0.15) is 0 Å². The van der Waals surface area contributed by atoms with Gasteiger partial charge in [0.15, 0.2) is 0 Å². The van der Waals surface area contributed by atoms with Crippen molar-refractivity contribution >= 4 is 5.91 Å². The van der Waals surface area contributed by atoms with Crippen LogP contribution in [0.3, 0.4) is 0 Å². The summed E-state index contributed by atoms with van der Waals surface area (Å²) >= 11 is 0. The first kappa shape index (κ1) is 13.8. The Morgan fingerprint density at radius 3 is 2.90 bits per heavy atom. The monoisotopic (exact) mass is 284 g/mol. The van der Waals surface area contributed by atoms with Crippen LogP contribution in [0.2, 0.25) is 0 Å². The SMILES string of the molecule is O=C(CCCc1ccccc1)N1CCC(n2ccnn2)C1. The van der Waals surface area contributed by atoms with Crippen LogP contribution in [0.25, 0.3) is 0 Å². The van der Waals surface area contributed by atoms with E-state index in [1.54, 1.807) is 6.20 Å². The van der Waals surface area contributed by atoms with E-state index in [0.29, 0.717) is 6.42 Å². The number of carbonyl (C=O) groups is 1. The molecule has 0 bridgehead atoms. The number of benzene rings is 1. The lowest BCUT2D eigenvalue weighted by atomic mass is 10.1. The lowest BCUT2D eigenvalue weighted by Crippen LogP contribution is -2.29. The number of amides is 1. The maximum absolute atomic E-state index is 12.2. The van der Waals surface area contributed by atoms with Crippen molar-refractivity contribution in [3.63, 3.8) is 0 Å². The lowest BCUT2D eigenvalue weighted by molar-refractivity contribution is -0.130. The molecule has 1 aliphatic heterocycles. The predicted molar refractivity (Wildman–Crippen MR) is 79.6 cm³/mol.